The van der Waals surface area contributed by atoms with Gasteiger partial charge in [-0.3, -0.25) is 9.59 Å². The standard InChI is InChI=1S/C24H25NO8.H2/c1-13(2)22(24(28)29)25-21(26)12-32-15-6-7-16-18(11-15)33-20(23(16)27)10-14-5-8-17(30-3)19(9-14)31-4;/h5-11,13,22H,12H2,1-4H3,(H,25,26)(H,28,29);1H/p-1/b20-10-;/t22-;/m0./s1. The van der Waals surface area contributed by atoms with E-state index < -0.39 is 24.5 Å². The summed E-state index contributed by atoms with van der Waals surface area (Å²) in [7, 11) is 3.05. The number of carboxylic acids is 1. The van der Waals surface area contributed by atoms with Gasteiger partial charge >= 0.3 is 0 Å². The molecule has 0 radical (unpaired) electrons. The lowest BCUT2D eigenvalue weighted by Crippen LogP contribution is -2.51. The molecular weight excluding hydrogens is 430 g/mol. The quantitative estimate of drug-likeness (QED) is 0.567. The number of rotatable bonds is 9. The number of methoxy groups -OCH3 is 2. The number of amides is 1. The fraction of sp³-hybridized carbons (Fsp3) is 0.292. The number of fused-ring (bicyclic) bond motifs is 1. The van der Waals surface area contributed by atoms with Crippen molar-refractivity contribution in [1.82, 2.24) is 5.32 Å². The number of ether oxygens (including phenoxy) is 4. The third kappa shape index (κ3) is 5.43. The summed E-state index contributed by atoms with van der Waals surface area (Å²) in [5.41, 5.74) is 1.04. The lowest BCUT2D eigenvalue weighted by atomic mass is 10.1. The van der Waals surface area contributed by atoms with E-state index in [0.29, 0.717) is 34.1 Å². The lowest BCUT2D eigenvalue weighted by Gasteiger charge is -2.23. The molecule has 0 bridgehead atoms. The third-order valence-electron chi connectivity index (χ3n) is 4.95. The molecular formula is C24H26NO8-. The van der Waals surface area contributed by atoms with Crippen LogP contribution in [0.3, 0.4) is 0 Å². The zero-order valence-corrected chi connectivity index (χ0v) is 18.7. The molecule has 9 heteroatoms. The highest BCUT2D eigenvalue weighted by molar-refractivity contribution is 6.14. The van der Waals surface area contributed by atoms with Crippen molar-refractivity contribution in [2.45, 2.75) is 19.9 Å². The van der Waals surface area contributed by atoms with Crippen LogP contribution in [-0.2, 0) is 9.59 Å². The molecule has 0 unspecified atom stereocenters. The summed E-state index contributed by atoms with van der Waals surface area (Å²) in [4.78, 5) is 35.8. The molecule has 0 aromatic heterocycles. The van der Waals surface area contributed by atoms with Gasteiger partial charge in [0.1, 0.15) is 11.5 Å². The van der Waals surface area contributed by atoms with E-state index in [-0.39, 0.29) is 18.9 Å². The maximum absolute atomic E-state index is 12.7. The van der Waals surface area contributed by atoms with E-state index in [1.165, 1.54) is 26.4 Å². The monoisotopic (exact) mass is 456 g/mol. The Hall–Kier alpha value is -4.01. The van der Waals surface area contributed by atoms with Crippen molar-refractivity contribution in [2.24, 2.45) is 5.92 Å². The molecule has 1 heterocycles. The maximum atomic E-state index is 12.7. The van der Waals surface area contributed by atoms with Gasteiger partial charge in [0.2, 0.25) is 5.78 Å². The zero-order valence-electron chi connectivity index (χ0n) is 18.7. The SMILES string of the molecule is COc1ccc(/C=C2\Oc3cc(OCC(=O)N[C@H](C(=O)[O-])C(C)C)ccc3C2=O)cc1OC.[HH]. The Labute approximate surface area is 192 Å². The fourth-order valence-corrected chi connectivity index (χ4v) is 3.21. The molecule has 1 amide bonds. The Balaban J connectivity index is 0.00000408. The van der Waals surface area contributed by atoms with Gasteiger partial charge in [-0.15, -0.1) is 0 Å². The number of carbonyl (C=O) groups excluding carboxylic acids is 3. The number of Topliss-reactive ketones (excluding diaryl/α,β-unsaturated/α-hetero) is 1. The predicted octanol–water partition coefficient (Wildman–Crippen LogP) is 1.84. The molecule has 0 fully saturated rings. The van der Waals surface area contributed by atoms with Crippen LogP contribution in [0.2, 0.25) is 0 Å². The second-order valence-electron chi connectivity index (χ2n) is 7.61. The molecule has 176 valence electrons. The number of carboxylic acid groups (broad SMARTS) is 1. The van der Waals surface area contributed by atoms with Crippen molar-refractivity contribution in [1.29, 1.82) is 0 Å². The third-order valence-corrected chi connectivity index (χ3v) is 4.95. The first kappa shape index (κ1) is 23.6. The number of carbonyl (C=O) groups is 3. The second-order valence-corrected chi connectivity index (χ2v) is 7.61. The van der Waals surface area contributed by atoms with E-state index in [2.05, 4.69) is 5.32 Å². The summed E-state index contributed by atoms with van der Waals surface area (Å²) in [6.45, 7) is 2.91. The van der Waals surface area contributed by atoms with Crippen LogP contribution in [0.5, 0.6) is 23.0 Å². The van der Waals surface area contributed by atoms with E-state index in [1.54, 1.807) is 44.2 Å². The van der Waals surface area contributed by atoms with Gasteiger partial charge in [-0.25, -0.2) is 0 Å². The van der Waals surface area contributed by atoms with Crippen LogP contribution < -0.4 is 29.4 Å². The summed E-state index contributed by atoms with van der Waals surface area (Å²) in [5.74, 6) is -0.819. The first-order valence-corrected chi connectivity index (χ1v) is 10.2. The van der Waals surface area contributed by atoms with Crippen molar-refractivity contribution in [3.63, 3.8) is 0 Å². The number of aliphatic carboxylic acids is 1. The Morgan fingerprint density at radius 1 is 1.12 bits per heavy atom. The van der Waals surface area contributed by atoms with Crippen molar-refractivity contribution >= 4 is 23.7 Å². The van der Waals surface area contributed by atoms with Crippen molar-refractivity contribution in [2.75, 3.05) is 20.8 Å². The summed E-state index contributed by atoms with van der Waals surface area (Å²) in [5, 5.41) is 13.5. The molecule has 1 aliphatic heterocycles. The van der Waals surface area contributed by atoms with Crippen LogP contribution in [-0.4, -0.2) is 44.5 Å². The van der Waals surface area contributed by atoms with Crippen LogP contribution in [0.4, 0.5) is 0 Å². The highest BCUT2D eigenvalue weighted by atomic mass is 16.5. The minimum Gasteiger partial charge on any atom is -0.548 e. The van der Waals surface area contributed by atoms with E-state index in [9.17, 15) is 19.5 Å². The molecule has 3 rings (SSSR count). The van der Waals surface area contributed by atoms with E-state index in [4.69, 9.17) is 18.9 Å². The van der Waals surface area contributed by atoms with E-state index >= 15 is 0 Å². The van der Waals surface area contributed by atoms with Gasteiger partial charge in [0.25, 0.3) is 5.91 Å². The van der Waals surface area contributed by atoms with Crippen LogP contribution in [0.25, 0.3) is 6.08 Å². The molecule has 33 heavy (non-hydrogen) atoms. The molecule has 1 aliphatic rings. The summed E-state index contributed by atoms with van der Waals surface area (Å²) >= 11 is 0. The molecule has 0 saturated carbocycles. The number of ketones is 1. The lowest BCUT2D eigenvalue weighted by molar-refractivity contribution is -0.309. The van der Waals surface area contributed by atoms with Crippen LogP contribution in [0.1, 0.15) is 31.2 Å². The molecule has 2 aromatic carbocycles. The second kappa shape index (κ2) is 10.1. The topological polar surface area (TPSA) is 123 Å². The van der Waals surface area contributed by atoms with Crippen molar-refractivity contribution in [3.05, 3.63) is 53.3 Å². The molecule has 0 aliphatic carbocycles. The molecule has 2 aromatic rings. The number of hydrogen-bond acceptors (Lipinski definition) is 8. The highest BCUT2D eigenvalue weighted by Gasteiger charge is 2.28. The van der Waals surface area contributed by atoms with Gasteiger partial charge in [0.05, 0.1) is 31.8 Å². The minimum atomic E-state index is -1.36. The van der Waals surface area contributed by atoms with Crippen molar-refractivity contribution < 1.29 is 39.9 Å². The van der Waals surface area contributed by atoms with Crippen LogP contribution in [0.15, 0.2) is 42.2 Å². The minimum absolute atomic E-state index is 0. The number of benzene rings is 2. The van der Waals surface area contributed by atoms with Gasteiger partial charge in [-0.2, -0.15) is 0 Å². The summed E-state index contributed by atoms with van der Waals surface area (Å²) in [6, 6.07) is 8.65. The number of nitrogens with one attached hydrogen (secondary N) is 1. The summed E-state index contributed by atoms with van der Waals surface area (Å²) in [6.07, 6.45) is 1.59. The van der Waals surface area contributed by atoms with Crippen molar-refractivity contribution in [3.8, 4) is 23.0 Å². The van der Waals surface area contributed by atoms with Gasteiger partial charge in [-0.1, -0.05) is 19.9 Å². The van der Waals surface area contributed by atoms with Gasteiger partial charge in [0.15, 0.2) is 23.9 Å². The first-order chi connectivity index (χ1) is 15.7. The van der Waals surface area contributed by atoms with Gasteiger partial charge in [0, 0.05) is 7.49 Å². The van der Waals surface area contributed by atoms with E-state index in [0.717, 1.165) is 0 Å². The van der Waals surface area contributed by atoms with E-state index in [1.807, 2.05) is 0 Å². The molecule has 0 spiro atoms. The Morgan fingerprint density at radius 2 is 1.85 bits per heavy atom. The number of hydrogen-bond donors (Lipinski definition) is 1. The average Bonchev–Trinajstić information content (AvgIpc) is 3.09. The zero-order chi connectivity index (χ0) is 24.1. The largest absolute Gasteiger partial charge is 0.548 e. The fourth-order valence-electron chi connectivity index (χ4n) is 3.21. The Morgan fingerprint density at radius 3 is 2.48 bits per heavy atom. The summed E-state index contributed by atoms with van der Waals surface area (Å²) < 4.78 is 21.6. The van der Waals surface area contributed by atoms with Gasteiger partial charge < -0.3 is 34.2 Å². The molecule has 1 atom stereocenters. The highest BCUT2D eigenvalue weighted by Crippen LogP contribution is 2.36. The Kier molecular flexibility index (Phi) is 7.22. The first-order valence-electron chi connectivity index (χ1n) is 10.2. The van der Waals surface area contributed by atoms with Crippen LogP contribution >= 0.6 is 0 Å². The average molecular weight is 456 g/mol. The molecule has 9 nitrogen and oxygen atoms in total. The molecule has 1 N–H and O–H groups in total. The van der Waals surface area contributed by atoms with Gasteiger partial charge in [-0.05, 0) is 41.8 Å². The Bertz CT molecular complexity index is 1110. The molecule has 0 saturated heterocycles. The number of allylic oxidation sites excluding steroid dienone is 1. The maximum Gasteiger partial charge on any atom is 0.258 e. The normalized spacial score (nSPS) is 14.5. The predicted molar refractivity (Wildman–Crippen MR) is 118 cm³/mol. The smallest absolute Gasteiger partial charge is 0.258 e. The van der Waals surface area contributed by atoms with Crippen LogP contribution in [0, 0.1) is 5.92 Å².